The monoisotopic (exact) mass is 321 g/mol. The molecule has 0 aliphatic rings. The van der Waals surface area contributed by atoms with E-state index in [2.05, 4.69) is 12.4 Å². The van der Waals surface area contributed by atoms with E-state index in [-0.39, 0.29) is 11.1 Å². The molecule has 0 heterocycles. The fourth-order valence-electron chi connectivity index (χ4n) is 2.35. The van der Waals surface area contributed by atoms with Crippen molar-refractivity contribution < 1.29 is 19.5 Å². The molecule has 1 aromatic rings. The molecule has 0 aliphatic carbocycles. The third-order valence-corrected chi connectivity index (χ3v) is 3.67. The SMILES string of the molecule is CCCCCCCCCCNOC(=O)c1ccccc1C(=O)O. The fourth-order valence-corrected chi connectivity index (χ4v) is 2.35. The van der Waals surface area contributed by atoms with Crippen LogP contribution in [0, 0.1) is 0 Å². The van der Waals surface area contributed by atoms with E-state index in [0.29, 0.717) is 6.54 Å². The normalized spacial score (nSPS) is 10.5. The molecule has 0 radical (unpaired) electrons. The van der Waals surface area contributed by atoms with Gasteiger partial charge in [0.25, 0.3) is 0 Å². The Labute approximate surface area is 138 Å². The first-order chi connectivity index (χ1) is 11.2. The Morgan fingerprint density at radius 1 is 0.957 bits per heavy atom. The molecule has 0 saturated carbocycles. The number of benzene rings is 1. The lowest BCUT2D eigenvalue weighted by molar-refractivity contribution is 0.0246. The van der Waals surface area contributed by atoms with Crippen LogP contribution in [0.25, 0.3) is 0 Å². The van der Waals surface area contributed by atoms with Gasteiger partial charge in [-0.2, -0.15) is 5.48 Å². The van der Waals surface area contributed by atoms with Crippen molar-refractivity contribution in [1.82, 2.24) is 5.48 Å². The highest BCUT2D eigenvalue weighted by Gasteiger charge is 2.16. The van der Waals surface area contributed by atoms with Crippen LogP contribution in [0.4, 0.5) is 0 Å². The van der Waals surface area contributed by atoms with Gasteiger partial charge in [-0.05, 0) is 18.6 Å². The highest BCUT2D eigenvalue weighted by molar-refractivity contribution is 6.02. The van der Waals surface area contributed by atoms with E-state index < -0.39 is 11.9 Å². The van der Waals surface area contributed by atoms with Crippen molar-refractivity contribution in [2.45, 2.75) is 58.3 Å². The minimum absolute atomic E-state index is 0.0496. The largest absolute Gasteiger partial charge is 0.478 e. The van der Waals surface area contributed by atoms with E-state index in [1.807, 2.05) is 0 Å². The minimum atomic E-state index is -1.14. The maximum Gasteiger partial charge on any atom is 0.357 e. The summed E-state index contributed by atoms with van der Waals surface area (Å²) < 4.78 is 0. The second-order valence-corrected chi connectivity index (χ2v) is 5.61. The van der Waals surface area contributed by atoms with Crippen LogP contribution in [0.5, 0.6) is 0 Å². The Hall–Kier alpha value is -1.88. The molecule has 0 spiro atoms. The van der Waals surface area contributed by atoms with Crippen LogP contribution in [0.2, 0.25) is 0 Å². The summed E-state index contributed by atoms with van der Waals surface area (Å²) in [5, 5.41) is 9.03. The molecule has 5 heteroatoms. The molecule has 128 valence electrons. The maximum atomic E-state index is 11.9. The molecule has 0 unspecified atom stereocenters. The summed E-state index contributed by atoms with van der Waals surface area (Å²) in [4.78, 5) is 27.8. The molecule has 1 rings (SSSR count). The molecule has 0 atom stereocenters. The number of carboxylic acids is 1. The van der Waals surface area contributed by atoms with Gasteiger partial charge in [-0.3, -0.25) is 0 Å². The van der Waals surface area contributed by atoms with E-state index in [1.165, 1.54) is 50.7 Å². The topological polar surface area (TPSA) is 75.6 Å². The summed E-state index contributed by atoms with van der Waals surface area (Å²) in [6.07, 6.45) is 9.67. The minimum Gasteiger partial charge on any atom is -0.478 e. The van der Waals surface area contributed by atoms with Gasteiger partial charge in [0.05, 0.1) is 11.1 Å². The Bertz CT molecular complexity index is 488. The standard InChI is InChI=1S/C18H27NO4/c1-2-3-4-5-6-7-8-11-14-19-23-18(22)16-13-10-9-12-15(16)17(20)21/h9-10,12-13,19H,2-8,11,14H2,1H3,(H,20,21). The second-order valence-electron chi connectivity index (χ2n) is 5.61. The molecular weight excluding hydrogens is 294 g/mol. The van der Waals surface area contributed by atoms with E-state index in [1.54, 1.807) is 12.1 Å². The summed E-state index contributed by atoms with van der Waals surface area (Å²) in [6.45, 7) is 2.79. The van der Waals surface area contributed by atoms with E-state index in [0.717, 1.165) is 12.8 Å². The molecule has 1 aromatic carbocycles. The molecule has 0 aliphatic heterocycles. The Morgan fingerprint density at radius 3 is 2.13 bits per heavy atom. The van der Waals surface area contributed by atoms with Gasteiger partial charge in [-0.1, -0.05) is 64.0 Å². The molecule has 2 N–H and O–H groups in total. The third-order valence-electron chi connectivity index (χ3n) is 3.67. The van der Waals surface area contributed by atoms with Gasteiger partial charge in [0.15, 0.2) is 0 Å². The highest BCUT2D eigenvalue weighted by Crippen LogP contribution is 2.10. The third kappa shape index (κ3) is 7.79. The summed E-state index contributed by atoms with van der Waals surface area (Å²) >= 11 is 0. The van der Waals surface area contributed by atoms with Gasteiger partial charge < -0.3 is 9.94 Å². The van der Waals surface area contributed by atoms with Gasteiger partial charge in [0.1, 0.15) is 0 Å². The number of hydrogen-bond donors (Lipinski definition) is 2. The molecule has 0 amide bonds. The first-order valence-corrected chi connectivity index (χ1v) is 8.43. The van der Waals surface area contributed by atoms with Crippen LogP contribution in [-0.4, -0.2) is 23.6 Å². The number of carbonyl (C=O) groups is 2. The van der Waals surface area contributed by atoms with Gasteiger partial charge in [0, 0.05) is 6.54 Å². The highest BCUT2D eigenvalue weighted by atomic mass is 16.7. The van der Waals surface area contributed by atoms with Crippen molar-refractivity contribution in [1.29, 1.82) is 0 Å². The van der Waals surface area contributed by atoms with Crippen LogP contribution in [0.3, 0.4) is 0 Å². The molecular formula is C18H27NO4. The first kappa shape index (κ1) is 19.2. The van der Waals surface area contributed by atoms with Gasteiger partial charge in [0.2, 0.25) is 0 Å². The number of carbonyl (C=O) groups excluding carboxylic acids is 1. The number of hydrogen-bond acceptors (Lipinski definition) is 4. The lowest BCUT2D eigenvalue weighted by Crippen LogP contribution is -2.22. The van der Waals surface area contributed by atoms with Crippen molar-refractivity contribution in [3.8, 4) is 0 Å². The molecule has 23 heavy (non-hydrogen) atoms. The van der Waals surface area contributed by atoms with Crippen LogP contribution in [-0.2, 0) is 4.84 Å². The summed E-state index contributed by atoms with van der Waals surface area (Å²) in [6, 6.07) is 6.02. The zero-order valence-corrected chi connectivity index (χ0v) is 13.8. The summed E-state index contributed by atoms with van der Waals surface area (Å²) in [5.74, 6) is -1.80. The molecule has 0 aromatic heterocycles. The molecule has 5 nitrogen and oxygen atoms in total. The summed E-state index contributed by atoms with van der Waals surface area (Å²) in [5.41, 5.74) is 2.63. The molecule has 0 bridgehead atoms. The zero-order valence-electron chi connectivity index (χ0n) is 13.8. The summed E-state index contributed by atoms with van der Waals surface area (Å²) in [7, 11) is 0. The quantitative estimate of drug-likeness (QED) is 0.446. The fraction of sp³-hybridized carbons (Fsp3) is 0.556. The van der Waals surface area contributed by atoms with Crippen LogP contribution < -0.4 is 5.48 Å². The predicted octanol–water partition coefficient (Wildman–Crippen LogP) is 4.19. The zero-order chi connectivity index (χ0) is 16.9. The van der Waals surface area contributed by atoms with Gasteiger partial charge in [-0.15, -0.1) is 0 Å². The van der Waals surface area contributed by atoms with E-state index in [9.17, 15) is 9.59 Å². The molecule has 0 saturated heterocycles. The number of unbranched alkanes of at least 4 members (excludes halogenated alkanes) is 7. The Kier molecular flexibility index (Phi) is 9.71. The van der Waals surface area contributed by atoms with Crippen molar-refractivity contribution >= 4 is 11.9 Å². The van der Waals surface area contributed by atoms with Crippen LogP contribution in [0.1, 0.15) is 79.0 Å². The van der Waals surface area contributed by atoms with Crippen LogP contribution >= 0.6 is 0 Å². The average Bonchev–Trinajstić information content (AvgIpc) is 2.56. The number of nitrogens with one attached hydrogen (secondary N) is 1. The lowest BCUT2D eigenvalue weighted by Gasteiger charge is -2.07. The van der Waals surface area contributed by atoms with Crippen molar-refractivity contribution in [3.05, 3.63) is 35.4 Å². The first-order valence-electron chi connectivity index (χ1n) is 8.43. The number of hydroxylamine groups is 1. The number of rotatable bonds is 12. The Morgan fingerprint density at radius 2 is 1.52 bits per heavy atom. The van der Waals surface area contributed by atoms with E-state index >= 15 is 0 Å². The van der Waals surface area contributed by atoms with Gasteiger partial charge in [-0.25, -0.2) is 9.59 Å². The lowest BCUT2D eigenvalue weighted by atomic mass is 10.1. The number of aromatic carboxylic acids is 1. The van der Waals surface area contributed by atoms with Gasteiger partial charge >= 0.3 is 11.9 Å². The smallest absolute Gasteiger partial charge is 0.357 e. The average molecular weight is 321 g/mol. The number of carboxylic acid groups (broad SMARTS) is 1. The van der Waals surface area contributed by atoms with Crippen molar-refractivity contribution in [2.24, 2.45) is 0 Å². The maximum absolute atomic E-state index is 11.9. The van der Waals surface area contributed by atoms with E-state index in [4.69, 9.17) is 9.94 Å². The second kappa shape index (κ2) is 11.7. The van der Waals surface area contributed by atoms with Crippen molar-refractivity contribution in [3.63, 3.8) is 0 Å². The molecule has 0 fully saturated rings. The van der Waals surface area contributed by atoms with Crippen LogP contribution in [0.15, 0.2) is 24.3 Å². The predicted molar refractivity (Wildman–Crippen MR) is 89.4 cm³/mol. The van der Waals surface area contributed by atoms with Crippen molar-refractivity contribution in [2.75, 3.05) is 6.54 Å². The Balaban J connectivity index is 2.14.